The summed E-state index contributed by atoms with van der Waals surface area (Å²) >= 11 is 5.99. The molecular weight excluding hydrogens is 364 g/mol. The van der Waals surface area contributed by atoms with Crippen molar-refractivity contribution in [2.45, 2.75) is 19.4 Å². The maximum Gasteiger partial charge on any atom is 0.236 e. The van der Waals surface area contributed by atoms with Crippen molar-refractivity contribution in [2.24, 2.45) is 0 Å². The second-order valence-corrected chi connectivity index (χ2v) is 7.03. The van der Waals surface area contributed by atoms with Gasteiger partial charge in [0, 0.05) is 18.1 Å². The molecule has 0 atom stereocenters. The minimum Gasteiger partial charge on any atom is -0.493 e. The molecule has 3 rings (SSSR count). The van der Waals surface area contributed by atoms with Crippen LogP contribution in [0, 0.1) is 0 Å². The number of halogens is 1. The summed E-state index contributed by atoms with van der Waals surface area (Å²) in [5.74, 6) is 1.55. The van der Waals surface area contributed by atoms with Gasteiger partial charge in [-0.25, -0.2) is 0 Å². The molecule has 1 amide bonds. The maximum absolute atomic E-state index is 12.5. The van der Waals surface area contributed by atoms with E-state index in [9.17, 15) is 4.79 Å². The van der Waals surface area contributed by atoms with Crippen LogP contribution in [0.2, 0.25) is 5.02 Å². The third-order valence-corrected chi connectivity index (χ3v) is 5.06. The number of carbonyl (C=O) groups excluding carboxylic acids is 1. The van der Waals surface area contributed by atoms with Gasteiger partial charge in [0.15, 0.2) is 11.5 Å². The average Bonchev–Trinajstić information content (AvgIpc) is 2.69. The van der Waals surface area contributed by atoms with Crippen molar-refractivity contribution in [3.8, 4) is 11.5 Å². The van der Waals surface area contributed by atoms with Crippen LogP contribution in [0.25, 0.3) is 0 Å². The molecule has 1 N–H and O–H groups in total. The number of amides is 1. The number of methoxy groups -OCH3 is 2. The molecular formula is C21H25ClN2O3. The van der Waals surface area contributed by atoms with Gasteiger partial charge in [-0.1, -0.05) is 23.7 Å². The Morgan fingerprint density at radius 1 is 1.15 bits per heavy atom. The van der Waals surface area contributed by atoms with Gasteiger partial charge in [-0.3, -0.25) is 4.79 Å². The van der Waals surface area contributed by atoms with E-state index in [1.807, 2.05) is 41.3 Å². The molecule has 0 aromatic heterocycles. The Bertz CT molecular complexity index is 810. The van der Waals surface area contributed by atoms with Crippen molar-refractivity contribution < 1.29 is 14.3 Å². The Hall–Kier alpha value is -2.24. The molecule has 0 aliphatic carbocycles. The van der Waals surface area contributed by atoms with Crippen LogP contribution >= 0.6 is 11.6 Å². The summed E-state index contributed by atoms with van der Waals surface area (Å²) in [4.78, 5) is 14.4. The zero-order valence-corrected chi connectivity index (χ0v) is 16.5. The van der Waals surface area contributed by atoms with E-state index in [1.54, 1.807) is 14.2 Å². The lowest BCUT2D eigenvalue weighted by molar-refractivity contribution is -0.131. The van der Waals surface area contributed by atoms with Gasteiger partial charge in [-0.15, -0.1) is 0 Å². The summed E-state index contributed by atoms with van der Waals surface area (Å²) in [7, 11) is 3.26. The molecule has 1 heterocycles. The Morgan fingerprint density at radius 2 is 1.89 bits per heavy atom. The van der Waals surface area contributed by atoms with E-state index in [0.29, 0.717) is 18.8 Å². The van der Waals surface area contributed by atoms with Gasteiger partial charge in [-0.05, 0) is 60.3 Å². The Balaban J connectivity index is 1.51. The smallest absolute Gasteiger partial charge is 0.236 e. The molecule has 5 nitrogen and oxygen atoms in total. The largest absolute Gasteiger partial charge is 0.493 e. The zero-order valence-electron chi connectivity index (χ0n) is 15.8. The molecule has 144 valence electrons. The van der Waals surface area contributed by atoms with E-state index in [2.05, 4.69) is 5.32 Å². The van der Waals surface area contributed by atoms with Crippen LogP contribution in [0.15, 0.2) is 36.4 Å². The van der Waals surface area contributed by atoms with E-state index in [0.717, 1.165) is 47.8 Å². The van der Waals surface area contributed by atoms with Crippen molar-refractivity contribution in [2.75, 3.05) is 33.9 Å². The molecule has 0 saturated carbocycles. The Labute approximate surface area is 165 Å². The number of fused-ring (bicyclic) bond motifs is 1. The van der Waals surface area contributed by atoms with E-state index in [1.165, 1.54) is 5.56 Å². The number of nitrogens with one attached hydrogen (secondary N) is 1. The highest BCUT2D eigenvalue weighted by Crippen LogP contribution is 2.33. The van der Waals surface area contributed by atoms with E-state index >= 15 is 0 Å². The Morgan fingerprint density at radius 3 is 2.59 bits per heavy atom. The van der Waals surface area contributed by atoms with Gasteiger partial charge < -0.3 is 19.7 Å². The van der Waals surface area contributed by atoms with Crippen LogP contribution < -0.4 is 14.8 Å². The second kappa shape index (κ2) is 9.11. The quantitative estimate of drug-likeness (QED) is 0.740. The van der Waals surface area contributed by atoms with Crippen molar-refractivity contribution in [3.63, 3.8) is 0 Å². The fourth-order valence-electron chi connectivity index (χ4n) is 3.33. The van der Waals surface area contributed by atoms with Gasteiger partial charge in [-0.2, -0.15) is 0 Å². The fraction of sp³-hybridized carbons (Fsp3) is 0.381. The molecule has 0 spiro atoms. The first-order chi connectivity index (χ1) is 13.1. The van der Waals surface area contributed by atoms with Crippen LogP contribution in [0.5, 0.6) is 11.5 Å². The molecule has 0 fully saturated rings. The summed E-state index contributed by atoms with van der Waals surface area (Å²) in [6.45, 7) is 2.40. The van der Waals surface area contributed by atoms with E-state index in [4.69, 9.17) is 21.1 Å². The number of carbonyl (C=O) groups is 1. The third-order valence-electron chi connectivity index (χ3n) is 4.83. The topological polar surface area (TPSA) is 50.8 Å². The summed E-state index contributed by atoms with van der Waals surface area (Å²) in [5.41, 5.74) is 3.49. The van der Waals surface area contributed by atoms with Gasteiger partial charge in [0.1, 0.15) is 0 Å². The maximum atomic E-state index is 12.5. The number of benzene rings is 2. The molecule has 0 unspecified atom stereocenters. The van der Waals surface area contributed by atoms with Gasteiger partial charge >= 0.3 is 0 Å². The first-order valence-electron chi connectivity index (χ1n) is 9.07. The average molecular weight is 389 g/mol. The standard InChI is InChI=1S/C21H25ClN2O3/c1-26-19-11-16-7-9-24(14-17(16)12-20(19)27-2)21(25)13-23-8-6-15-4-3-5-18(22)10-15/h3-5,10-12,23H,6-9,13-14H2,1-2H3. The van der Waals surface area contributed by atoms with Crippen LogP contribution in [0.4, 0.5) is 0 Å². The highest BCUT2D eigenvalue weighted by molar-refractivity contribution is 6.30. The number of nitrogens with zero attached hydrogens (tertiary/aromatic N) is 1. The summed E-state index contributed by atoms with van der Waals surface area (Å²) in [6, 6.07) is 11.8. The molecule has 2 aromatic rings. The predicted octanol–water partition coefficient (Wildman–Crippen LogP) is 3.07. The molecule has 0 bridgehead atoms. The molecule has 27 heavy (non-hydrogen) atoms. The highest BCUT2D eigenvalue weighted by Gasteiger charge is 2.22. The van der Waals surface area contributed by atoms with Crippen LogP contribution in [-0.4, -0.2) is 44.7 Å². The molecule has 6 heteroatoms. The normalized spacial score (nSPS) is 13.2. The van der Waals surface area contributed by atoms with Crippen LogP contribution in [0.3, 0.4) is 0 Å². The van der Waals surface area contributed by atoms with Gasteiger partial charge in [0.25, 0.3) is 0 Å². The lowest BCUT2D eigenvalue weighted by Crippen LogP contribution is -2.41. The third kappa shape index (κ3) is 4.93. The van der Waals surface area contributed by atoms with Crippen molar-refractivity contribution in [1.82, 2.24) is 10.2 Å². The van der Waals surface area contributed by atoms with Crippen molar-refractivity contribution >= 4 is 17.5 Å². The van der Waals surface area contributed by atoms with Gasteiger partial charge in [0.05, 0.1) is 20.8 Å². The summed E-state index contributed by atoms with van der Waals surface area (Å²) in [5, 5.41) is 3.97. The monoisotopic (exact) mass is 388 g/mol. The van der Waals surface area contributed by atoms with Crippen LogP contribution in [0.1, 0.15) is 16.7 Å². The summed E-state index contributed by atoms with van der Waals surface area (Å²) in [6.07, 6.45) is 1.66. The second-order valence-electron chi connectivity index (χ2n) is 6.60. The molecule has 0 saturated heterocycles. The predicted molar refractivity (Wildman–Crippen MR) is 107 cm³/mol. The summed E-state index contributed by atoms with van der Waals surface area (Å²) < 4.78 is 10.7. The lowest BCUT2D eigenvalue weighted by Gasteiger charge is -2.29. The minimum absolute atomic E-state index is 0.113. The number of rotatable bonds is 7. The molecule has 0 radical (unpaired) electrons. The van der Waals surface area contributed by atoms with E-state index < -0.39 is 0 Å². The van der Waals surface area contributed by atoms with Crippen molar-refractivity contribution in [3.05, 3.63) is 58.1 Å². The molecule has 1 aliphatic rings. The molecule has 1 aliphatic heterocycles. The Kier molecular flexibility index (Phi) is 6.58. The number of hydrogen-bond acceptors (Lipinski definition) is 4. The van der Waals surface area contributed by atoms with Gasteiger partial charge in [0.2, 0.25) is 5.91 Å². The highest BCUT2D eigenvalue weighted by atomic mass is 35.5. The SMILES string of the molecule is COc1cc2c(cc1OC)CN(C(=O)CNCCc1cccc(Cl)c1)CC2. The first-order valence-corrected chi connectivity index (χ1v) is 9.45. The first kappa shape index (κ1) is 19.5. The van der Waals surface area contributed by atoms with Crippen LogP contribution in [-0.2, 0) is 24.2 Å². The number of ether oxygens (including phenoxy) is 2. The van der Waals surface area contributed by atoms with Crippen molar-refractivity contribution in [1.29, 1.82) is 0 Å². The molecule has 2 aromatic carbocycles. The minimum atomic E-state index is 0.113. The fourth-order valence-corrected chi connectivity index (χ4v) is 3.54. The zero-order chi connectivity index (χ0) is 19.2. The number of hydrogen-bond donors (Lipinski definition) is 1. The lowest BCUT2D eigenvalue weighted by atomic mass is 9.98. The van der Waals surface area contributed by atoms with E-state index in [-0.39, 0.29) is 5.91 Å².